The summed E-state index contributed by atoms with van der Waals surface area (Å²) in [7, 11) is 1.27. The predicted octanol–water partition coefficient (Wildman–Crippen LogP) is 3.43. The zero-order chi connectivity index (χ0) is 22.0. The highest BCUT2D eigenvalue weighted by Crippen LogP contribution is 2.30. The van der Waals surface area contributed by atoms with Crippen molar-refractivity contribution in [2.75, 3.05) is 18.2 Å². The number of nitrogens with zero attached hydrogens (tertiary/aromatic N) is 5. The number of hydrogen-bond donors (Lipinski definition) is 2. The molecule has 156 valence electrons. The normalized spacial score (nSPS) is 10.7. The van der Waals surface area contributed by atoms with Crippen LogP contribution in [-0.2, 0) is 4.74 Å². The molecule has 2 heterocycles. The van der Waals surface area contributed by atoms with Gasteiger partial charge in [-0.1, -0.05) is 18.2 Å². The van der Waals surface area contributed by atoms with Gasteiger partial charge in [-0.3, -0.25) is 5.32 Å². The number of nitrogens with one attached hydrogen (secondary N) is 1. The van der Waals surface area contributed by atoms with Crippen molar-refractivity contribution in [2.45, 2.75) is 0 Å². The van der Waals surface area contributed by atoms with E-state index in [2.05, 4.69) is 30.6 Å². The number of methoxy groups -OCH3 is 1. The maximum absolute atomic E-state index is 14.3. The Morgan fingerprint density at radius 3 is 2.65 bits per heavy atom. The first-order valence-electron chi connectivity index (χ1n) is 8.92. The lowest BCUT2D eigenvalue weighted by Crippen LogP contribution is -2.10. The second-order valence-corrected chi connectivity index (χ2v) is 6.34. The number of anilines is 2. The van der Waals surface area contributed by atoms with Gasteiger partial charge in [0.15, 0.2) is 17.5 Å². The first kappa shape index (κ1) is 19.9. The second-order valence-electron chi connectivity index (χ2n) is 6.34. The van der Waals surface area contributed by atoms with Crippen molar-refractivity contribution in [1.82, 2.24) is 25.2 Å². The van der Waals surface area contributed by atoms with Crippen LogP contribution in [0.1, 0.15) is 0 Å². The molecular weight excluding hydrogens is 408 g/mol. The van der Waals surface area contributed by atoms with Crippen molar-refractivity contribution in [3.05, 3.63) is 66.4 Å². The summed E-state index contributed by atoms with van der Waals surface area (Å²) in [5.74, 6) is -1.91. The highest BCUT2D eigenvalue weighted by atomic mass is 19.2. The molecule has 31 heavy (non-hydrogen) atoms. The summed E-state index contributed by atoms with van der Waals surface area (Å²) in [5.41, 5.74) is 8.17. The molecule has 0 aliphatic carbocycles. The van der Waals surface area contributed by atoms with Crippen LogP contribution in [0.4, 0.5) is 25.1 Å². The van der Waals surface area contributed by atoms with Gasteiger partial charge in [-0.15, -0.1) is 5.10 Å². The van der Waals surface area contributed by atoms with Crippen molar-refractivity contribution in [3.63, 3.8) is 0 Å². The van der Waals surface area contributed by atoms with Gasteiger partial charge in [-0.25, -0.2) is 18.6 Å². The number of carbonyl (C=O) groups excluding carboxylic acids is 1. The molecule has 0 bridgehead atoms. The average molecular weight is 423 g/mol. The van der Waals surface area contributed by atoms with E-state index in [-0.39, 0.29) is 17.3 Å². The van der Waals surface area contributed by atoms with E-state index < -0.39 is 17.7 Å². The molecule has 0 saturated carbocycles. The van der Waals surface area contributed by atoms with E-state index in [4.69, 9.17) is 5.73 Å². The lowest BCUT2D eigenvalue weighted by molar-refractivity contribution is 0.187. The van der Waals surface area contributed by atoms with E-state index in [1.807, 2.05) is 0 Å². The zero-order valence-corrected chi connectivity index (χ0v) is 16.1. The van der Waals surface area contributed by atoms with Crippen LogP contribution in [0.2, 0.25) is 0 Å². The van der Waals surface area contributed by atoms with Crippen LogP contribution in [0.5, 0.6) is 0 Å². The van der Waals surface area contributed by atoms with Crippen LogP contribution in [0.15, 0.2) is 54.7 Å². The van der Waals surface area contributed by atoms with Gasteiger partial charge >= 0.3 is 6.09 Å². The number of tetrazole rings is 1. The highest BCUT2D eigenvalue weighted by molar-refractivity contribution is 5.85. The van der Waals surface area contributed by atoms with Gasteiger partial charge < -0.3 is 10.5 Å². The Kier molecular flexibility index (Phi) is 5.22. The van der Waals surface area contributed by atoms with Crippen LogP contribution < -0.4 is 11.1 Å². The Bertz CT molecular complexity index is 1260. The molecule has 9 nitrogen and oxygen atoms in total. The summed E-state index contributed by atoms with van der Waals surface area (Å²) in [6.45, 7) is 0. The minimum Gasteiger partial charge on any atom is -0.453 e. The molecule has 0 saturated heterocycles. The Hall–Kier alpha value is -4.41. The van der Waals surface area contributed by atoms with Gasteiger partial charge in [0.2, 0.25) is 0 Å². The van der Waals surface area contributed by atoms with Gasteiger partial charge in [-0.05, 0) is 46.3 Å². The Morgan fingerprint density at radius 1 is 1.13 bits per heavy atom. The monoisotopic (exact) mass is 423 g/mol. The Labute approximate surface area is 174 Å². The lowest BCUT2D eigenvalue weighted by Gasteiger charge is -2.10. The topological polar surface area (TPSA) is 121 Å². The molecule has 4 aromatic rings. The molecule has 0 atom stereocenters. The standard InChI is InChI=1S/C20H15F2N7O2/c1-31-20(30)25-13-7-5-11(6-8-13)12-9-14(18(23)24-10-12)19-26-27-28-29(19)16-4-2-3-15(21)17(16)22/h2-10H,1H3,(H2,23,24)(H,25,30). The molecule has 3 N–H and O–H groups in total. The fourth-order valence-electron chi connectivity index (χ4n) is 2.90. The number of halogens is 2. The SMILES string of the molecule is COC(=O)Nc1ccc(-c2cnc(N)c(-c3nnnn3-c3cccc(F)c3F)c2)cc1. The van der Waals surface area contributed by atoms with E-state index in [1.54, 1.807) is 36.5 Å². The summed E-state index contributed by atoms with van der Waals surface area (Å²) in [6, 6.07) is 12.3. The van der Waals surface area contributed by atoms with E-state index in [0.717, 1.165) is 16.3 Å². The third-order valence-corrected chi connectivity index (χ3v) is 4.44. The van der Waals surface area contributed by atoms with Crippen molar-refractivity contribution in [2.24, 2.45) is 0 Å². The number of amides is 1. The quantitative estimate of drug-likeness (QED) is 0.516. The van der Waals surface area contributed by atoms with Crippen molar-refractivity contribution in [3.8, 4) is 28.2 Å². The van der Waals surface area contributed by atoms with Crippen LogP contribution in [0.25, 0.3) is 28.2 Å². The number of aromatic nitrogens is 5. The summed E-state index contributed by atoms with van der Waals surface area (Å²) in [4.78, 5) is 15.5. The molecular formula is C20H15F2N7O2. The zero-order valence-electron chi connectivity index (χ0n) is 16.1. The van der Waals surface area contributed by atoms with E-state index in [1.165, 1.54) is 19.2 Å². The van der Waals surface area contributed by atoms with Crippen molar-refractivity contribution in [1.29, 1.82) is 0 Å². The third-order valence-electron chi connectivity index (χ3n) is 4.44. The molecule has 2 aromatic heterocycles. The number of carbonyl (C=O) groups is 1. The minimum absolute atomic E-state index is 0.0975. The Balaban J connectivity index is 1.73. The van der Waals surface area contributed by atoms with Gasteiger partial charge in [-0.2, -0.15) is 4.68 Å². The smallest absolute Gasteiger partial charge is 0.411 e. The molecule has 0 spiro atoms. The number of rotatable bonds is 4. The van der Waals surface area contributed by atoms with Crippen LogP contribution in [0.3, 0.4) is 0 Å². The average Bonchev–Trinajstić information content (AvgIpc) is 3.26. The minimum atomic E-state index is -1.09. The maximum Gasteiger partial charge on any atom is 0.411 e. The van der Waals surface area contributed by atoms with E-state index in [9.17, 15) is 13.6 Å². The first-order valence-corrected chi connectivity index (χ1v) is 8.92. The first-order chi connectivity index (χ1) is 15.0. The lowest BCUT2D eigenvalue weighted by atomic mass is 10.0. The number of hydrogen-bond acceptors (Lipinski definition) is 7. The second kappa shape index (κ2) is 8.14. The number of pyridine rings is 1. The van der Waals surface area contributed by atoms with Crippen LogP contribution in [-0.4, -0.2) is 38.4 Å². The summed E-state index contributed by atoms with van der Waals surface area (Å²) in [6.07, 6.45) is 0.971. The third kappa shape index (κ3) is 3.88. The predicted molar refractivity (Wildman–Crippen MR) is 108 cm³/mol. The molecule has 0 radical (unpaired) electrons. The number of benzene rings is 2. The van der Waals surface area contributed by atoms with Gasteiger partial charge in [0, 0.05) is 17.4 Å². The fraction of sp³-hybridized carbons (Fsp3) is 0.0500. The summed E-state index contributed by atoms with van der Waals surface area (Å²) >= 11 is 0. The molecule has 11 heteroatoms. The van der Waals surface area contributed by atoms with Crippen molar-refractivity contribution < 1.29 is 18.3 Å². The maximum atomic E-state index is 14.3. The molecule has 2 aromatic carbocycles. The Morgan fingerprint density at radius 2 is 1.90 bits per heavy atom. The van der Waals surface area contributed by atoms with Gasteiger partial charge in [0.25, 0.3) is 0 Å². The van der Waals surface area contributed by atoms with Crippen LogP contribution >= 0.6 is 0 Å². The molecule has 0 fully saturated rings. The van der Waals surface area contributed by atoms with Crippen molar-refractivity contribution >= 4 is 17.6 Å². The van der Waals surface area contributed by atoms with E-state index in [0.29, 0.717) is 16.8 Å². The van der Waals surface area contributed by atoms with Gasteiger partial charge in [0.05, 0.1) is 12.7 Å². The largest absolute Gasteiger partial charge is 0.453 e. The summed E-state index contributed by atoms with van der Waals surface area (Å²) < 4.78 is 33.6. The van der Waals surface area contributed by atoms with Crippen LogP contribution in [0, 0.1) is 11.6 Å². The number of ether oxygens (including phenoxy) is 1. The molecule has 1 amide bonds. The molecule has 0 unspecified atom stereocenters. The molecule has 0 aliphatic heterocycles. The number of nitrogens with two attached hydrogens (primary N) is 1. The number of nitrogen functional groups attached to an aromatic ring is 1. The van der Waals surface area contributed by atoms with Gasteiger partial charge in [0.1, 0.15) is 11.5 Å². The fourth-order valence-corrected chi connectivity index (χ4v) is 2.90. The molecule has 4 rings (SSSR count). The molecule has 0 aliphatic rings. The highest BCUT2D eigenvalue weighted by Gasteiger charge is 2.19. The van der Waals surface area contributed by atoms with E-state index >= 15 is 0 Å². The summed E-state index contributed by atoms with van der Waals surface area (Å²) in [5, 5.41) is 13.8.